The van der Waals surface area contributed by atoms with Gasteiger partial charge in [-0.2, -0.15) is 0 Å². The predicted molar refractivity (Wildman–Crippen MR) is 174 cm³/mol. The fourth-order valence-electron chi connectivity index (χ4n) is 4.99. The van der Waals surface area contributed by atoms with Gasteiger partial charge in [-0.05, 0) is 22.3 Å². The van der Waals surface area contributed by atoms with E-state index in [-0.39, 0.29) is 32.8 Å². The molecule has 4 rings (SSSR count). The monoisotopic (exact) mass is 626 g/mol. The summed E-state index contributed by atoms with van der Waals surface area (Å²) >= 11 is 0. The predicted octanol–water partition coefficient (Wildman–Crippen LogP) is 6.11. The summed E-state index contributed by atoms with van der Waals surface area (Å²) in [7, 11) is 3.00. The maximum absolute atomic E-state index is 14.5. The highest BCUT2D eigenvalue weighted by atomic mass is 16.7. The molecule has 8 heteroatoms. The van der Waals surface area contributed by atoms with E-state index in [0.717, 1.165) is 22.3 Å². The summed E-state index contributed by atoms with van der Waals surface area (Å²) < 4.78 is 36.9. The third-order valence-corrected chi connectivity index (χ3v) is 7.40. The minimum Gasteiger partial charge on any atom is -0.367 e. The molecule has 0 heterocycles. The second-order valence-electron chi connectivity index (χ2n) is 10.7. The Bertz CT molecular complexity index is 1400. The molecule has 8 nitrogen and oxygen atoms in total. The van der Waals surface area contributed by atoms with Crippen LogP contribution in [0.1, 0.15) is 28.7 Å². The van der Waals surface area contributed by atoms with Gasteiger partial charge in [-0.3, -0.25) is 4.79 Å². The summed E-state index contributed by atoms with van der Waals surface area (Å²) in [6.45, 7) is 0.587. The molecule has 4 atom stereocenters. The smallest absolute Gasteiger partial charge is 0.193 e. The van der Waals surface area contributed by atoms with E-state index in [9.17, 15) is 9.59 Å². The first kappa shape index (κ1) is 34.8. The fourth-order valence-corrected chi connectivity index (χ4v) is 4.99. The molecule has 0 N–H and O–H groups in total. The van der Waals surface area contributed by atoms with Crippen molar-refractivity contribution in [2.75, 3.05) is 14.2 Å². The average Bonchev–Trinajstić information content (AvgIpc) is 3.11. The Hall–Kier alpha value is -4.02. The molecule has 0 bridgehead atoms. The van der Waals surface area contributed by atoms with E-state index in [2.05, 4.69) is 0 Å². The van der Waals surface area contributed by atoms with Crippen LogP contribution < -0.4 is 0 Å². The molecule has 0 saturated carbocycles. The number of carbonyl (C=O) groups excluding carboxylic acids is 2. The van der Waals surface area contributed by atoms with Crippen LogP contribution in [0.2, 0.25) is 0 Å². The van der Waals surface area contributed by atoms with Crippen molar-refractivity contribution in [1.29, 1.82) is 0 Å². The molecule has 0 aromatic heterocycles. The molecule has 0 aliphatic rings. The van der Waals surface area contributed by atoms with Crippen LogP contribution >= 0.6 is 0 Å². The number of ether oxygens (including phenoxy) is 6. The van der Waals surface area contributed by atoms with Crippen molar-refractivity contribution in [2.24, 2.45) is 0 Å². The number of hydrogen-bond acceptors (Lipinski definition) is 8. The first-order valence-corrected chi connectivity index (χ1v) is 15.3. The summed E-state index contributed by atoms with van der Waals surface area (Å²) in [6, 6.07) is 38.2. The van der Waals surface area contributed by atoms with E-state index in [1.807, 2.05) is 121 Å². The fraction of sp³-hybridized carbons (Fsp3) is 0.316. The van der Waals surface area contributed by atoms with E-state index < -0.39 is 36.5 Å². The first-order valence-electron chi connectivity index (χ1n) is 15.3. The molecule has 0 fully saturated rings. The highest BCUT2D eigenvalue weighted by Crippen LogP contribution is 2.25. The lowest BCUT2D eigenvalue weighted by molar-refractivity contribution is -0.240. The van der Waals surface area contributed by atoms with Crippen LogP contribution in [0.25, 0.3) is 0 Å². The third-order valence-electron chi connectivity index (χ3n) is 7.40. The number of rotatable bonds is 21. The van der Waals surface area contributed by atoms with Crippen molar-refractivity contribution in [3.63, 3.8) is 0 Å². The van der Waals surface area contributed by atoms with E-state index in [4.69, 9.17) is 28.4 Å². The van der Waals surface area contributed by atoms with Crippen molar-refractivity contribution < 1.29 is 38.0 Å². The second kappa shape index (κ2) is 19.5. The summed E-state index contributed by atoms with van der Waals surface area (Å²) in [6.07, 6.45) is -4.67. The molecule has 0 aliphatic carbocycles. The van der Waals surface area contributed by atoms with Gasteiger partial charge in [-0.25, -0.2) is 0 Å². The van der Waals surface area contributed by atoms with Crippen molar-refractivity contribution >= 4 is 12.1 Å². The largest absolute Gasteiger partial charge is 0.367 e. The van der Waals surface area contributed by atoms with Gasteiger partial charge in [-0.15, -0.1) is 0 Å². The Kier molecular flexibility index (Phi) is 14.8. The number of aldehydes is 1. The second-order valence-corrected chi connectivity index (χ2v) is 10.7. The van der Waals surface area contributed by atoms with Crippen LogP contribution in [0.5, 0.6) is 0 Å². The molecule has 0 aliphatic heterocycles. The quantitative estimate of drug-likeness (QED) is 0.0810. The summed E-state index contributed by atoms with van der Waals surface area (Å²) in [5.41, 5.74) is 3.53. The van der Waals surface area contributed by atoms with Crippen LogP contribution in [0, 0.1) is 0 Å². The van der Waals surface area contributed by atoms with Crippen molar-refractivity contribution in [3.05, 3.63) is 144 Å². The van der Waals surface area contributed by atoms with Crippen LogP contribution in [0.3, 0.4) is 0 Å². The molecule has 0 amide bonds. The molecule has 0 spiro atoms. The Balaban J connectivity index is 1.71. The van der Waals surface area contributed by atoms with Gasteiger partial charge in [0.25, 0.3) is 0 Å². The number of hydrogen-bond donors (Lipinski definition) is 0. The van der Waals surface area contributed by atoms with Gasteiger partial charge in [0.15, 0.2) is 12.1 Å². The van der Waals surface area contributed by atoms with Gasteiger partial charge in [0.2, 0.25) is 0 Å². The van der Waals surface area contributed by atoms with Crippen molar-refractivity contribution in [3.8, 4) is 0 Å². The molecule has 0 saturated heterocycles. The van der Waals surface area contributed by atoms with E-state index in [0.29, 0.717) is 6.29 Å². The van der Waals surface area contributed by atoms with Gasteiger partial charge < -0.3 is 33.2 Å². The third kappa shape index (κ3) is 10.8. The van der Waals surface area contributed by atoms with Gasteiger partial charge in [0, 0.05) is 20.6 Å². The molecule has 0 radical (unpaired) electrons. The maximum Gasteiger partial charge on any atom is 0.193 e. The van der Waals surface area contributed by atoms with E-state index in [1.54, 1.807) is 0 Å². The molecular weight excluding hydrogens is 584 g/mol. The zero-order valence-electron chi connectivity index (χ0n) is 26.3. The van der Waals surface area contributed by atoms with Crippen LogP contribution in [-0.4, -0.2) is 57.0 Å². The van der Waals surface area contributed by atoms with Gasteiger partial charge in [0.1, 0.15) is 30.7 Å². The Morgan fingerprint density at radius 3 is 1.30 bits per heavy atom. The summed E-state index contributed by atoms with van der Waals surface area (Å²) in [5.74, 6) is -0.448. The summed E-state index contributed by atoms with van der Waals surface area (Å²) in [4.78, 5) is 26.3. The lowest BCUT2D eigenvalue weighted by Gasteiger charge is -2.37. The number of methoxy groups -OCH3 is 2. The molecule has 242 valence electrons. The van der Waals surface area contributed by atoms with Crippen LogP contribution in [0.4, 0.5) is 0 Å². The van der Waals surface area contributed by atoms with Gasteiger partial charge in [-0.1, -0.05) is 121 Å². The highest BCUT2D eigenvalue weighted by Gasteiger charge is 2.44. The van der Waals surface area contributed by atoms with Gasteiger partial charge in [0.05, 0.1) is 26.4 Å². The van der Waals surface area contributed by atoms with Crippen LogP contribution in [-0.2, 0) is 64.4 Å². The Morgan fingerprint density at radius 2 is 0.913 bits per heavy atom. The molecule has 4 aromatic carbocycles. The minimum absolute atomic E-state index is 0.102. The van der Waals surface area contributed by atoms with E-state index >= 15 is 0 Å². The number of benzene rings is 4. The lowest BCUT2D eigenvalue weighted by atomic mass is 9.97. The van der Waals surface area contributed by atoms with Crippen molar-refractivity contribution in [1.82, 2.24) is 0 Å². The molecule has 4 aromatic rings. The molecule has 46 heavy (non-hydrogen) atoms. The zero-order valence-corrected chi connectivity index (χ0v) is 26.3. The average molecular weight is 627 g/mol. The zero-order chi connectivity index (χ0) is 32.4. The minimum atomic E-state index is -1.22. The Labute approximate surface area is 271 Å². The maximum atomic E-state index is 14.5. The highest BCUT2D eigenvalue weighted by molar-refractivity contribution is 5.89. The molecule has 0 unspecified atom stereocenters. The lowest BCUT2D eigenvalue weighted by Crippen LogP contribution is -2.54. The van der Waals surface area contributed by atoms with Crippen molar-refractivity contribution in [2.45, 2.75) is 63.6 Å². The SMILES string of the molecule is COC(OC)[C@H](OCc1ccccc1)[C@@H](OCc1ccccc1)[C@H](OCc1ccccc1)C(=O)[C@H](CC=O)OCc1ccccc1. The topological polar surface area (TPSA) is 89.5 Å². The normalized spacial score (nSPS) is 14.0. The first-order chi connectivity index (χ1) is 22.6. The summed E-state index contributed by atoms with van der Waals surface area (Å²) in [5, 5.41) is 0. The Morgan fingerprint density at radius 1 is 0.543 bits per heavy atom. The van der Waals surface area contributed by atoms with Crippen LogP contribution in [0.15, 0.2) is 121 Å². The van der Waals surface area contributed by atoms with Gasteiger partial charge >= 0.3 is 0 Å². The standard InChI is InChI=1S/C38H42O8/c1-41-38(42-2)37(46-28-32-21-13-6-14-22-32)36(45-27-31-19-11-5-12-20-31)35(44-26-30-17-9-4-10-18-30)34(40)33(23-24-39)43-25-29-15-7-3-8-16-29/h3-22,24,33,35-38H,23,25-28H2,1-2H3/t33-,35+,36-,37+/m0/s1. The number of carbonyl (C=O) groups is 2. The molecular formula is C38H42O8. The number of Topliss-reactive ketones (excluding diaryl/α,β-unsaturated/α-hetero) is 1. The van der Waals surface area contributed by atoms with E-state index in [1.165, 1.54) is 14.2 Å². The number of ketones is 1.